The number of aromatic nitrogens is 1. The van der Waals surface area contributed by atoms with E-state index < -0.39 is 4.92 Å². The molecule has 1 aromatic heterocycles. The first-order chi connectivity index (χ1) is 6.15. The topological polar surface area (TPSA) is 108 Å². The van der Waals surface area contributed by atoms with Gasteiger partial charge in [-0.15, -0.1) is 0 Å². The van der Waals surface area contributed by atoms with Gasteiger partial charge in [0, 0.05) is 24.2 Å². The van der Waals surface area contributed by atoms with Gasteiger partial charge < -0.3 is 21.6 Å². The van der Waals surface area contributed by atoms with Crippen LogP contribution in [-0.2, 0) is 0 Å². The van der Waals surface area contributed by atoms with E-state index in [1.807, 2.05) is 0 Å². The van der Waals surface area contributed by atoms with Gasteiger partial charge in [0.15, 0.2) is 0 Å². The molecule has 1 heterocycles. The predicted molar refractivity (Wildman–Crippen MR) is 46.9 cm³/mol. The third kappa shape index (κ3) is 2.20. The van der Waals surface area contributed by atoms with Crippen molar-refractivity contribution >= 4 is 5.82 Å². The van der Waals surface area contributed by atoms with Gasteiger partial charge in [0.25, 0.3) is 0 Å². The van der Waals surface area contributed by atoms with Gasteiger partial charge >= 0.3 is 5.82 Å². The first-order valence-corrected chi connectivity index (χ1v) is 3.71. The van der Waals surface area contributed by atoms with Crippen LogP contribution in [0.3, 0.4) is 0 Å². The van der Waals surface area contributed by atoms with Crippen LogP contribution >= 0.6 is 0 Å². The van der Waals surface area contributed by atoms with Crippen LogP contribution in [0.5, 0.6) is 0 Å². The minimum Gasteiger partial charge on any atom is -0.358 e. The van der Waals surface area contributed by atoms with Crippen molar-refractivity contribution in [1.82, 2.24) is 4.98 Å². The van der Waals surface area contributed by atoms with Crippen molar-refractivity contribution in [2.75, 3.05) is 6.54 Å². The van der Waals surface area contributed by atoms with Crippen LogP contribution in [-0.4, -0.2) is 16.5 Å². The molecule has 6 nitrogen and oxygen atoms in total. The van der Waals surface area contributed by atoms with Crippen molar-refractivity contribution in [3.8, 4) is 0 Å². The van der Waals surface area contributed by atoms with Gasteiger partial charge in [-0.3, -0.25) is 0 Å². The Kier molecular flexibility index (Phi) is 2.88. The highest BCUT2D eigenvalue weighted by Gasteiger charge is 2.09. The van der Waals surface area contributed by atoms with Crippen molar-refractivity contribution in [1.29, 1.82) is 0 Å². The zero-order valence-corrected chi connectivity index (χ0v) is 6.88. The maximum atomic E-state index is 10.2. The van der Waals surface area contributed by atoms with Crippen molar-refractivity contribution in [3.05, 3.63) is 34.0 Å². The lowest BCUT2D eigenvalue weighted by Gasteiger charge is -2.05. The molecule has 0 aliphatic heterocycles. The molecule has 6 heteroatoms. The second kappa shape index (κ2) is 3.92. The van der Waals surface area contributed by atoms with E-state index in [2.05, 4.69) is 4.98 Å². The highest BCUT2D eigenvalue weighted by molar-refractivity contribution is 5.24. The average Bonchev–Trinajstić information content (AvgIpc) is 2.17. The van der Waals surface area contributed by atoms with E-state index in [9.17, 15) is 10.1 Å². The van der Waals surface area contributed by atoms with Gasteiger partial charge in [-0.05, 0) is 16.0 Å². The maximum absolute atomic E-state index is 10.2. The van der Waals surface area contributed by atoms with Crippen molar-refractivity contribution in [2.45, 2.75) is 6.04 Å². The van der Waals surface area contributed by atoms with E-state index in [0.29, 0.717) is 12.1 Å². The van der Waals surface area contributed by atoms with E-state index in [0.717, 1.165) is 0 Å². The lowest BCUT2D eigenvalue weighted by molar-refractivity contribution is -0.389. The highest BCUT2D eigenvalue weighted by atomic mass is 16.6. The van der Waals surface area contributed by atoms with Crippen LogP contribution in [0.1, 0.15) is 11.6 Å². The van der Waals surface area contributed by atoms with Crippen molar-refractivity contribution in [2.24, 2.45) is 11.5 Å². The van der Waals surface area contributed by atoms with Crippen LogP contribution in [0, 0.1) is 10.1 Å². The van der Waals surface area contributed by atoms with Crippen LogP contribution in [0.2, 0.25) is 0 Å². The SMILES string of the molecule is NC[C@@H](N)c1ccc([N+](=O)[O-])nc1. The van der Waals surface area contributed by atoms with Crippen LogP contribution < -0.4 is 11.5 Å². The fourth-order valence-electron chi connectivity index (χ4n) is 0.861. The molecular formula is C7H10N4O2. The minimum absolute atomic E-state index is 0.187. The second-order valence-electron chi connectivity index (χ2n) is 2.55. The zero-order chi connectivity index (χ0) is 9.84. The number of nitro groups is 1. The molecule has 1 atom stereocenters. The summed E-state index contributed by atoms with van der Waals surface area (Å²) in [6.07, 6.45) is 1.37. The number of rotatable bonds is 3. The van der Waals surface area contributed by atoms with Gasteiger partial charge in [-0.2, -0.15) is 0 Å². The molecule has 0 bridgehead atoms. The Bertz CT molecular complexity index is 298. The van der Waals surface area contributed by atoms with E-state index in [4.69, 9.17) is 11.5 Å². The van der Waals surface area contributed by atoms with Gasteiger partial charge in [-0.1, -0.05) is 0 Å². The molecule has 1 rings (SSSR count). The molecule has 13 heavy (non-hydrogen) atoms. The number of nitrogens with two attached hydrogens (primary N) is 2. The fraction of sp³-hybridized carbons (Fsp3) is 0.286. The van der Waals surface area contributed by atoms with Gasteiger partial charge in [0.05, 0.1) is 0 Å². The minimum atomic E-state index is -0.558. The third-order valence-corrected chi connectivity index (χ3v) is 1.64. The Hall–Kier alpha value is -1.53. The molecular weight excluding hydrogens is 172 g/mol. The summed E-state index contributed by atoms with van der Waals surface area (Å²) in [5.74, 6) is -0.187. The molecule has 1 aromatic rings. The summed E-state index contributed by atoms with van der Waals surface area (Å²) in [6, 6.07) is 2.56. The van der Waals surface area contributed by atoms with Crippen LogP contribution in [0.15, 0.2) is 18.3 Å². The van der Waals surface area contributed by atoms with Crippen LogP contribution in [0.4, 0.5) is 5.82 Å². The molecule has 0 unspecified atom stereocenters. The molecule has 0 aromatic carbocycles. The summed E-state index contributed by atoms with van der Waals surface area (Å²) in [5.41, 5.74) is 11.6. The quantitative estimate of drug-likeness (QED) is 0.503. The largest absolute Gasteiger partial charge is 0.363 e. The molecule has 0 saturated heterocycles. The van der Waals surface area contributed by atoms with Gasteiger partial charge in [0.2, 0.25) is 0 Å². The molecule has 0 saturated carbocycles. The Morgan fingerprint density at radius 2 is 2.31 bits per heavy atom. The second-order valence-corrected chi connectivity index (χ2v) is 2.55. The molecule has 70 valence electrons. The Labute approximate surface area is 74.7 Å². The summed E-state index contributed by atoms with van der Waals surface area (Å²) < 4.78 is 0. The van der Waals surface area contributed by atoms with Gasteiger partial charge in [0.1, 0.15) is 6.20 Å². The Balaban J connectivity index is 2.87. The predicted octanol–water partition coefficient (Wildman–Crippen LogP) is -0.0517. The van der Waals surface area contributed by atoms with E-state index >= 15 is 0 Å². The third-order valence-electron chi connectivity index (χ3n) is 1.64. The standard InChI is InChI=1S/C7H10N4O2/c8-3-6(9)5-1-2-7(10-4-5)11(12)13/h1-2,4,6H,3,8-9H2/t6-/m1/s1. The van der Waals surface area contributed by atoms with E-state index in [1.165, 1.54) is 12.3 Å². The summed E-state index contributed by atoms with van der Waals surface area (Å²) in [7, 11) is 0. The first kappa shape index (κ1) is 9.56. The Morgan fingerprint density at radius 1 is 1.62 bits per heavy atom. The zero-order valence-electron chi connectivity index (χ0n) is 6.88. The summed E-state index contributed by atoms with van der Waals surface area (Å²) in [5, 5.41) is 10.2. The normalized spacial score (nSPS) is 12.5. The maximum Gasteiger partial charge on any atom is 0.363 e. The number of nitrogens with zero attached hydrogens (tertiary/aromatic N) is 2. The number of hydrogen-bond donors (Lipinski definition) is 2. The van der Waals surface area contributed by atoms with E-state index in [-0.39, 0.29) is 11.9 Å². The van der Waals surface area contributed by atoms with Crippen LogP contribution in [0.25, 0.3) is 0 Å². The summed E-state index contributed by atoms with van der Waals surface area (Å²) in [4.78, 5) is 13.3. The Morgan fingerprint density at radius 3 is 2.69 bits per heavy atom. The number of pyridine rings is 1. The molecule has 0 aliphatic carbocycles. The molecule has 0 spiro atoms. The lowest BCUT2D eigenvalue weighted by atomic mass is 10.1. The first-order valence-electron chi connectivity index (χ1n) is 3.71. The monoisotopic (exact) mass is 182 g/mol. The van der Waals surface area contributed by atoms with Crippen molar-refractivity contribution < 1.29 is 4.92 Å². The summed E-state index contributed by atoms with van der Waals surface area (Å²) >= 11 is 0. The van der Waals surface area contributed by atoms with Gasteiger partial charge in [-0.25, -0.2) is 0 Å². The molecule has 0 fully saturated rings. The molecule has 4 N–H and O–H groups in total. The average molecular weight is 182 g/mol. The molecule has 0 radical (unpaired) electrons. The highest BCUT2D eigenvalue weighted by Crippen LogP contribution is 2.11. The smallest absolute Gasteiger partial charge is 0.358 e. The summed E-state index contributed by atoms with van der Waals surface area (Å²) in [6.45, 7) is 0.291. The fourth-order valence-corrected chi connectivity index (χ4v) is 0.861. The van der Waals surface area contributed by atoms with Crippen molar-refractivity contribution in [3.63, 3.8) is 0 Å². The number of hydrogen-bond acceptors (Lipinski definition) is 5. The molecule has 0 amide bonds. The molecule has 0 aliphatic rings. The van der Waals surface area contributed by atoms with E-state index in [1.54, 1.807) is 6.07 Å². The lowest BCUT2D eigenvalue weighted by Crippen LogP contribution is -2.20.